The molecule has 0 rings (SSSR count). The van der Waals surface area contributed by atoms with E-state index in [9.17, 15) is 0 Å². The molecule has 0 aliphatic carbocycles. The average molecular weight is 142 g/mol. The van der Waals surface area contributed by atoms with Crippen LogP contribution < -0.4 is 0 Å². The van der Waals surface area contributed by atoms with Gasteiger partial charge < -0.3 is 5.11 Å². The molecular formula is C9H18O. The average Bonchev–Trinajstić information content (AvgIpc) is 1.85. The van der Waals surface area contributed by atoms with E-state index >= 15 is 0 Å². The first-order chi connectivity index (χ1) is 4.66. The fourth-order valence-corrected chi connectivity index (χ4v) is 0.774. The zero-order valence-corrected chi connectivity index (χ0v) is 7.22. The summed E-state index contributed by atoms with van der Waals surface area (Å²) >= 11 is 0. The van der Waals surface area contributed by atoms with Crippen LogP contribution in [0.5, 0.6) is 0 Å². The molecule has 1 N–H and O–H groups in total. The van der Waals surface area contributed by atoms with Crippen molar-refractivity contribution in [3.05, 3.63) is 11.6 Å². The van der Waals surface area contributed by atoms with E-state index in [1.165, 1.54) is 12.0 Å². The van der Waals surface area contributed by atoms with Gasteiger partial charge in [0.2, 0.25) is 0 Å². The lowest BCUT2D eigenvalue weighted by molar-refractivity contribution is 0.341. The van der Waals surface area contributed by atoms with Crippen molar-refractivity contribution in [2.45, 2.75) is 33.6 Å². The van der Waals surface area contributed by atoms with Gasteiger partial charge in [-0.3, -0.25) is 0 Å². The molecular weight excluding hydrogens is 124 g/mol. The highest BCUT2D eigenvalue weighted by molar-refractivity contribution is 4.97. The van der Waals surface area contributed by atoms with Crippen LogP contribution in [-0.4, -0.2) is 11.7 Å². The third-order valence-corrected chi connectivity index (χ3v) is 1.56. The molecule has 0 aromatic heterocycles. The van der Waals surface area contributed by atoms with Gasteiger partial charge in [0.25, 0.3) is 0 Å². The Hall–Kier alpha value is -0.300. The number of hydrogen-bond acceptors (Lipinski definition) is 1. The Morgan fingerprint density at radius 2 is 2.10 bits per heavy atom. The van der Waals surface area contributed by atoms with Gasteiger partial charge in [0.1, 0.15) is 0 Å². The number of rotatable bonds is 4. The number of allylic oxidation sites excluding steroid dienone is 1. The molecule has 60 valence electrons. The molecule has 0 saturated heterocycles. The normalized spacial score (nSPS) is 12.7. The van der Waals surface area contributed by atoms with Crippen LogP contribution in [0.3, 0.4) is 0 Å². The fraction of sp³-hybridized carbons (Fsp3) is 0.778. The van der Waals surface area contributed by atoms with Gasteiger partial charge in [-0.2, -0.15) is 0 Å². The molecule has 0 spiro atoms. The maximum atomic E-state index is 8.53. The van der Waals surface area contributed by atoms with Gasteiger partial charge in [0.15, 0.2) is 0 Å². The minimum atomic E-state index is 0.184. The van der Waals surface area contributed by atoms with Crippen LogP contribution in [0.15, 0.2) is 11.6 Å². The summed E-state index contributed by atoms with van der Waals surface area (Å²) in [6.45, 7) is 6.68. The van der Waals surface area contributed by atoms with Crippen LogP contribution in [-0.2, 0) is 0 Å². The van der Waals surface area contributed by atoms with E-state index in [0.29, 0.717) is 0 Å². The topological polar surface area (TPSA) is 20.2 Å². The van der Waals surface area contributed by atoms with E-state index in [4.69, 9.17) is 5.11 Å². The van der Waals surface area contributed by atoms with Gasteiger partial charge in [-0.1, -0.05) is 25.5 Å². The molecule has 0 aromatic rings. The molecule has 0 aliphatic heterocycles. The summed E-state index contributed by atoms with van der Waals surface area (Å²) in [5.74, 6) is 0.766. The van der Waals surface area contributed by atoms with Crippen molar-refractivity contribution in [3.8, 4) is 0 Å². The quantitative estimate of drug-likeness (QED) is 0.597. The second kappa shape index (κ2) is 5.48. The minimum absolute atomic E-state index is 0.184. The van der Waals surface area contributed by atoms with E-state index in [1.54, 1.807) is 0 Å². The third-order valence-electron chi connectivity index (χ3n) is 1.56. The molecule has 0 atom stereocenters. The Labute approximate surface area is 63.8 Å². The van der Waals surface area contributed by atoms with Crippen LogP contribution in [0, 0.1) is 5.92 Å². The van der Waals surface area contributed by atoms with Gasteiger partial charge >= 0.3 is 0 Å². The number of hydrogen-bond donors (Lipinski definition) is 1. The summed E-state index contributed by atoms with van der Waals surface area (Å²) in [7, 11) is 0. The third kappa shape index (κ3) is 5.83. The van der Waals surface area contributed by atoms with Crippen molar-refractivity contribution in [1.29, 1.82) is 0 Å². The highest BCUT2D eigenvalue weighted by atomic mass is 16.2. The van der Waals surface area contributed by atoms with E-state index in [0.717, 1.165) is 12.3 Å². The molecule has 10 heavy (non-hydrogen) atoms. The molecule has 0 unspecified atom stereocenters. The molecule has 0 fully saturated rings. The Morgan fingerprint density at radius 3 is 2.50 bits per heavy atom. The Balaban J connectivity index is 3.39. The van der Waals surface area contributed by atoms with Crippen molar-refractivity contribution in [3.63, 3.8) is 0 Å². The van der Waals surface area contributed by atoms with E-state index in [1.807, 2.05) is 6.08 Å². The summed E-state index contributed by atoms with van der Waals surface area (Å²) in [4.78, 5) is 0. The van der Waals surface area contributed by atoms with Crippen molar-refractivity contribution in [2.24, 2.45) is 5.92 Å². The second-order valence-electron chi connectivity index (χ2n) is 3.17. The Morgan fingerprint density at radius 1 is 1.50 bits per heavy atom. The number of aliphatic hydroxyl groups is 1. The second-order valence-corrected chi connectivity index (χ2v) is 3.17. The SMILES string of the molecule is CC(=CCO)CCC(C)C. The van der Waals surface area contributed by atoms with Gasteiger partial charge in [0, 0.05) is 0 Å². The molecule has 1 heteroatoms. The van der Waals surface area contributed by atoms with E-state index < -0.39 is 0 Å². The predicted molar refractivity (Wildman–Crippen MR) is 44.9 cm³/mol. The lowest BCUT2D eigenvalue weighted by Crippen LogP contribution is -1.88. The first kappa shape index (κ1) is 9.70. The number of aliphatic hydroxyl groups excluding tert-OH is 1. The molecule has 0 heterocycles. The van der Waals surface area contributed by atoms with Crippen molar-refractivity contribution in [2.75, 3.05) is 6.61 Å². The van der Waals surface area contributed by atoms with Crippen LogP contribution >= 0.6 is 0 Å². The van der Waals surface area contributed by atoms with Crippen LogP contribution in [0.2, 0.25) is 0 Å². The molecule has 0 aliphatic rings. The van der Waals surface area contributed by atoms with E-state index in [-0.39, 0.29) is 6.61 Å². The summed E-state index contributed by atoms with van der Waals surface area (Å²) in [6.07, 6.45) is 4.23. The largest absolute Gasteiger partial charge is 0.392 e. The summed E-state index contributed by atoms with van der Waals surface area (Å²) in [5.41, 5.74) is 1.30. The van der Waals surface area contributed by atoms with Crippen molar-refractivity contribution >= 4 is 0 Å². The molecule has 0 aromatic carbocycles. The van der Waals surface area contributed by atoms with Crippen LogP contribution in [0.1, 0.15) is 33.6 Å². The maximum Gasteiger partial charge on any atom is 0.0614 e. The van der Waals surface area contributed by atoms with Crippen molar-refractivity contribution in [1.82, 2.24) is 0 Å². The molecule has 0 amide bonds. The van der Waals surface area contributed by atoms with Gasteiger partial charge in [-0.15, -0.1) is 0 Å². The zero-order chi connectivity index (χ0) is 7.98. The Kier molecular flexibility index (Phi) is 5.32. The first-order valence-electron chi connectivity index (χ1n) is 3.93. The summed E-state index contributed by atoms with van der Waals surface area (Å²) < 4.78 is 0. The fourth-order valence-electron chi connectivity index (χ4n) is 0.774. The molecule has 0 saturated carbocycles. The van der Waals surface area contributed by atoms with Crippen molar-refractivity contribution < 1.29 is 5.11 Å². The van der Waals surface area contributed by atoms with Crippen LogP contribution in [0.25, 0.3) is 0 Å². The monoisotopic (exact) mass is 142 g/mol. The van der Waals surface area contributed by atoms with Gasteiger partial charge in [0.05, 0.1) is 6.61 Å². The molecule has 0 radical (unpaired) electrons. The maximum absolute atomic E-state index is 8.53. The lowest BCUT2D eigenvalue weighted by Gasteiger charge is -2.03. The Bertz CT molecular complexity index is 103. The minimum Gasteiger partial charge on any atom is -0.392 e. The molecule has 1 nitrogen and oxygen atoms in total. The lowest BCUT2D eigenvalue weighted by atomic mass is 10.0. The zero-order valence-electron chi connectivity index (χ0n) is 7.22. The first-order valence-corrected chi connectivity index (χ1v) is 3.93. The summed E-state index contributed by atoms with van der Waals surface area (Å²) in [5, 5.41) is 8.53. The van der Waals surface area contributed by atoms with Gasteiger partial charge in [-0.25, -0.2) is 0 Å². The smallest absolute Gasteiger partial charge is 0.0614 e. The standard InChI is InChI=1S/C9H18O/c1-8(2)4-5-9(3)6-7-10/h6,8,10H,4-5,7H2,1-3H3. The molecule has 0 bridgehead atoms. The van der Waals surface area contributed by atoms with E-state index in [2.05, 4.69) is 20.8 Å². The predicted octanol–water partition coefficient (Wildman–Crippen LogP) is 2.36. The highest BCUT2D eigenvalue weighted by Gasteiger charge is 1.93. The highest BCUT2D eigenvalue weighted by Crippen LogP contribution is 2.09. The van der Waals surface area contributed by atoms with Gasteiger partial charge in [-0.05, 0) is 25.7 Å². The summed E-state index contributed by atoms with van der Waals surface area (Å²) in [6, 6.07) is 0. The van der Waals surface area contributed by atoms with Crippen LogP contribution in [0.4, 0.5) is 0 Å².